The third-order valence-corrected chi connectivity index (χ3v) is 4.32. The Balaban J connectivity index is 1.84. The Morgan fingerprint density at radius 2 is 1.69 bits per heavy atom. The Morgan fingerprint density at radius 1 is 1.06 bits per heavy atom. The summed E-state index contributed by atoms with van der Waals surface area (Å²) < 4.78 is 5.74. The van der Waals surface area contributed by atoms with Gasteiger partial charge in [-0.05, 0) is 44.4 Å². The van der Waals surface area contributed by atoms with E-state index in [4.69, 9.17) is 4.74 Å². The molecular weight excluding hydrogens is 200 g/mol. The highest BCUT2D eigenvalue weighted by molar-refractivity contribution is 5.72. The topological polar surface area (TPSA) is 26.3 Å². The van der Waals surface area contributed by atoms with Gasteiger partial charge in [-0.1, -0.05) is 26.2 Å². The van der Waals surface area contributed by atoms with E-state index >= 15 is 0 Å². The first kappa shape index (κ1) is 11.9. The van der Waals surface area contributed by atoms with Crippen LogP contribution in [0.4, 0.5) is 0 Å². The number of hydrogen-bond acceptors (Lipinski definition) is 2. The minimum Gasteiger partial charge on any atom is -0.462 e. The molecule has 0 saturated heterocycles. The Hall–Kier alpha value is -0.530. The normalized spacial score (nSPS) is 31.6. The molecule has 0 aromatic rings. The molecule has 0 aromatic carbocycles. The minimum absolute atomic E-state index is 0.0999. The third kappa shape index (κ3) is 2.78. The summed E-state index contributed by atoms with van der Waals surface area (Å²) in [5, 5.41) is 0. The standard InChI is InChI=1S/C14H24O2/c1-2-11-7-5-6-10-13(11)16-14(15)12-8-3-4-9-12/h11-13H,2-10H2,1H3. The van der Waals surface area contributed by atoms with E-state index in [1.54, 1.807) is 0 Å². The van der Waals surface area contributed by atoms with Crippen LogP contribution < -0.4 is 0 Å². The average molecular weight is 224 g/mol. The largest absolute Gasteiger partial charge is 0.462 e. The predicted molar refractivity (Wildman–Crippen MR) is 64.1 cm³/mol. The molecule has 2 heteroatoms. The number of esters is 1. The van der Waals surface area contributed by atoms with Crippen molar-refractivity contribution in [3.8, 4) is 0 Å². The zero-order valence-corrected chi connectivity index (χ0v) is 10.4. The van der Waals surface area contributed by atoms with Crippen molar-refractivity contribution in [2.75, 3.05) is 0 Å². The van der Waals surface area contributed by atoms with Crippen molar-refractivity contribution in [3.63, 3.8) is 0 Å². The van der Waals surface area contributed by atoms with Gasteiger partial charge in [0, 0.05) is 0 Å². The quantitative estimate of drug-likeness (QED) is 0.683. The van der Waals surface area contributed by atoms with E-state index in [1.165, 1.54) is 32.1 Å². The molecule has 2 aliphatic carbocycles. The van der Waals surface area contributed by atoms with Crippen molar-refractivity contribution in [2.24, 2.45) is 11.8 Å². The van der Waals surface area contributed by atoms with Crippen LogP contribution in [0.3, 0.4) is 0 Å². The maximum absolute atomic E-state index is 12.0. The summed E-state index contributed by atoms with van der Waals surface area (Å²) in [4.78, 5) is 12.0. The average Bonchev–Trinajstić information content (AvgIpc) is 2.83. The fourth-order valence-corrected chi connectivity index (χ4v) is 3.20. The Bertz CT molecular complexity index is 231. The molecule has 2 saturated carbocycles. The predicted octanol–water partition coefficient (Wildman–Crippen LogP) is 3.69. The van der Waals surface area contributed by atoms with Crippen LogP contribution in [0.25, 0.3) is 0 Å². The summed E-state index contributed by atoms with van der Waals surface area (Å²) in [7, 11) is 0. The highest BCUT2D eigenvalue weighted by Crippen LogP contribution is 2.32. The smallest absolute Gasteiger partial charge is 0.309 e. The van der Waals surface area contributed by atoms with Gasteiger partial charge in [0.05, 0.1) is 5.92 Å². The molecule has 0 radical (unpaired) electrons. The van der Waals surface area contributed by atoms with Crippen LogP contribution in [0.5, 0.6) is 0 Å². The zero-order chi connectivity index (χ0) is 11.4. The molecule has 92 valence electrons. The molecule has 0 aliphatic heterocycles. The lowest BCUT2D eigenvalue weighted by molar-refractivity contribution is -0.158. The number of ether oxygens (including phenoxy) is 1. The fraction of sp³-hybridized carbons (Fsp3) is 0.929. The molecule has 0 amide bonds. The number of hydrogen-bond donors (Lipinski definition) is 0. The van der Waals surface area contributed by atoms with E-state index in [-0.39, 0.29) is 18.0 Å². The van der Waals surface area contributed by atoms with Crippen molar-refractivity contribution in [2.45, 2.75) is 70.8 Å². The van der Waals surface area contributed by atoms with E-state index in [2.05, 4.69) is 6.92 Å². The lowest BCUT2D eigenvalue weighted by Gasteiger charge is -2.31. The van der Waals surface area contributed by atoms with Gasteiger partial charge < -0.3 is 4.74 Å². The van der Waals surface area contributed by atoms with Gasteiger partial charge in [0.15, 0.2) is 0 Å². The zero-order valence-electron chi connectivity index (χ0n) is 10.4. The Morgan fingerprint density at radius 3 is 2.38 bits per heavy atom. The second kappa shape index (κ2) is 5.70. The van der Waals surface area contributed by atoms with Crippen LogP contribution in [-0.2, 0) is 9.53 Å². The first-order valence-corrected chi connectivity index (χ1v) is 7.01. The van der Waals surface area contributed by atoms with Crippen molar-refractivity contribution >= 4 is 5.97 Å². The molecule has 2 nitrogen and oxygen atoms in total. The first-order chi connectivity index (χ1) is 7.81. The molecular formula is C14H24O2. The van der Waals surface area contributed by atoms with Crippen molar-refractivity contribution in [1.82, 2.24) is 0 Å². The van der Waals surface area contributed by atoms with Crippen LogP contribution in [0, 0.1) is 11.8 Å². The molecule has 16 heavy (non-hydrogen) atoms. The molecule has 2 aliphatic rings. The summed E-state index contributed by atoms with van der Waals surface area (Å²) in [6.07, 6.45) is 10.8. The van der Waals surface area contributed by atoms with Crippen LogP contribution in [0.2, 0.25) is 0 Å². The molecule has 2 atom stereocenters. The van der Waals surface area contributed by atoms with Gasteiger partial charge in [-0.3, -0.25) is 4.79 Å². The maximum Gasteiger partial charge on any atom is 0.309 e. The summed E-state index contributed by atoms with van der Waals surface area (Å²) in [6, 6.07) is 0. The molecule has 0 aromatic heterocycles. The van der Waals surface area contributed by atoms with E-state index in [0.29, 0.717) is 5.92 Å². The van der Waals surface area contributed by atoms with Gasteiger partial charge in [-0.2, -0.15) is 0 Å². The van der Waals surface area contributed by atoms with Gasteiger partial charge in [-0.15, -0.1) is 0 Å². The van der Waals surface area contributed by atoms with Crippen LogP contribution in [-0.4, -0.2) is 12.1 Å². The molecule has 2 fully saturated rings. The second-order valence-electron chi connectivity index (χ2n) is 5.41. The van der Waals surface area contributed by atoms with E-state index < -0.39 is 0 Å². The van der Waals surface area contributed by atoms with Gasteiger partial charge in [0.1, 0.15) is 6.10 Å². The lowest BCUT2D eigenvalue weighted by atomic mass is 9.84. The minimum atomic E-state index is 0.0999. The first-order valence-electron chi connectivity index (χ1n) is 7.01. The molecule has 0 bridgehead atoms. The third-order valence-electron chi connectivity index (χ3n) is 4.32. The highest BCUT2D eigenvalue weighted by atomic mass is 16.5. The van der Waals surface area contributed by atoms with Crippen LogP contribution in [0.15, 0.2) is 0 Å². The van der Waals surface area contributed by atoms with Gasteiger partial charge in [-0.25, -0.2) is 0 Å². The fourth-order valence-electron chi connectivity index (χ4n) is 3.20. The molecule has 0 N–H and O–H groups in total. The van der Waals surface area contributed by atoms with Crippen molar-refractivity contribution in [1.29, 1.82) is 0 Å². The lowest BCUT2D eigenvalue weighted by Crippen LogP contribution is -2.31. The van der Waals surface area contributed by atoms with E-state index in [9.17, 15) is 4.79 Å². The molecule has 0 heterocycles. The van der Waals surface area contributed by atoms with Crippen molar-refractivity contribution in [3.05, 3.63) is 0 Å². The van der Waals surface area contributed by atoms with Gasteiger partial charge in [0.25, 0.3) is 0 Å². The summed E-state index contributed by atoms with van der Waals surface area (Å²) >= 11 is 0. The van der Waals surface area contributed by atoms with E-state index in [1.807, 2.05) is 0 Å². The molecule has 2 unspecified atom stereocenters. The van der Waals surface area contributed by atoms with Gasteiger partial charge in [0.2, 0.25) is 0 Å². The summed E-state index contributed by atoms with van der Waals surface area (Å²) in [6.45, 7) is 2.21. The maximum atomic E-state index is 12.0. The number of carbonyl (C=O) groups excluding carboxylic acids is 1. The van der Waals surface area contributed by atoms with E-state index in [0.717, 1.165) is 25.7 Å². The second-order valence-corrected chi connectivity index (χ2v) is 5.41. The van der Waals surface area contributed by atoms with Gasteiger partial charge >= 0.3 is 5.97 Å². The molecule has 2 rings (SSSR count). The SMILES string of the molecule is CCC1CCCCC1OC(=O)C1CCCC1. The molecule has 0 spiro atoms. The van der Waals surface area contributed by atoms with Crippen LogP contribution in [0.1, 0.15) is 64.7 Å². The van der Waals surface area contributed by atoms with Crippen LogP contribution >= 0.6 is 0 Å². The summed E-state index contributed by atoms with van der Waals surface area (Å²) in [5.74, 6) is 0.946. The number of carbonyl (C=O) groups is 1. The Kier molecular flexibility index (Phi) is 4.25. The number of rotatable bonds is 3. The highest BCUT2D eigenvalue weighted by Gasteiger charge is 2.31. The van der Waals surface area contributed by atoms with Crippen molar-refractivity contribution < 1.29 is 9.53 Å². The Labute approximate surface area is 98.7 Å². The summed E-state index contributed by atoms with van der Waals surface area (Å²) in [5.41, 5.74) is 0. The monoisotopic (exact) mass is 224 g/mol.